The van der Waals surface area contributed by atoms with Crippen molar-refractivity contribution in [3.63, 3.8) is 0 Å². The third-order valence-electron chi connectivity index (χ3n) is 2.76. The first-order valence-electron chi connectivity index (χ1n) is 6.39. The summed E-state index contributed by atoms with van der Waals surface area (Å²) >= 11 is 0. The fraction of sp³-hybridized carbons (Fsp3) is 0.250. The maximum Gasteiger partial charge on any atom is 0.123 e. The second-order valence-electron chi connectivity index (χ2n) is 4.47. The predicted molar refractivity (Wildman–Crippen MR) is 74.8 cm³/mol. The van der Waals surface area contributed by atoms with Crippen LogP contribution in [-0.4, -0.2) is 13.2 Å². The van der Waals surface area contributed by atoms with Crippen LogP contribution in [0.5, 0.6) is 5.75 Å². The maximum absolute atomic E-state index is 12.9. The van der Waals surface area contributed by atoms with E-state index in [0.29, 0.717) is 13.2 Å². The zero-order chi connectivity index (χ0) is 13.5. The fourth-order valence-electron chi connectivity index (χ4n) is 1.83. The lowest BCUT2D eigenvalue weighted by molar-refractivity contribution is 0.313. The van der Waals surface area contributed by atoms with Gasteiger partial charge in [0.1, 0.15) is 18.2 Å². The summed E-state index contributed by atoms with van der Waals surface area (Å²) < 4.78 is 18.6. The van der Waals surface area contributed by atoms with Crippen LogP contribution in [0, 0.1) is 12.7 Å². The second-order valence-corrected chi connectivity index (χ2v) is 4.47. The molecule has 0 amide bonds. The molecule has 0 aliphatic heterocycles. The summed E-state index contributed by atoms with van der Waals surface area (Å²) in [6.07, 6.45) is 0. The minimum Gasteiger partial charge on any atom is -0.492 e. The van der Waals surface area contributed by atoms with Crippen molar-refractivity contribution in [2.24, 2.45) is 0 Å². The van der Waals surface area contributed by atoms with Crippen molar-refractivity contribution in [2.45, 2.75) is 13.5 Å². The molecule has 0 aliphatic carbocycles. The van der Waals surface area contributed by atoms with Crippen molar-refractivity contribution >= 4 is 0 Å². The van der Waals surface area contributed by atoms with Crippen molar-refractivity contribution in [2.75, 3.05) is 13.2 Å². The molecule has 3 heteroatoms. The van der Waals surface area contributed by atoms with E-state index >= 15 is 0 Å². The number of benzene rings is 2. The Bertz CT molecular complexity index is 480. The highest BCUT2D eigenvalue weighted by Crippen LogP contribution is 2.11. The average Bonchev–Trinajstić information content (AvgIpc) is 2.38. The molecule has 2 nitrogen and oxygen atoms in total. The predicted octanol–water partition coefficient (Wildman–Crippen LogP) is 3.30. The third kappa shape index (κ3) is 4.72. The highest BCUT2D eigenvalue weighted by Gasteiger charge is 1.96. The fourth-order valence-corrected chi connectivity index (χ4v) is 1.83. The topological polar surface area (TPSA) is 21.3 Å². The Morgan fingerprint density at radius 2 is 1.95 bits per heavy atom. The first kappa shape index (κ1) is 13.6. The SMILES string of the molecule is Cc1cccc(OCCNCc2cccc(F)c2)c1. The Hall–Kier alpha value is -1.87. The van der Waals surface area contributed by atoms with Crippen LogP contribution in [0.15, 0.2) is 48.5 Å². The van der Waals surface area contributed by atoms with Crippen LogP contribution < -0.4 is 10.1 Å². The normalized spacial score (nSPS) is 10.4. The highest BCUT2D eigenvalue weighted by molar-refractivity contribution is 5.27. The van der Waals surface area contributed by atoms with Crippen LogP contribution in [0.1, 0.15) is 11.1 Å². The van der Waals surface area contributed by atoms with E-state index in [-0.39, 0.29) is 5.82 Å². The molecule has 0 unspecified atom stereocenters. The van der Waals surface area contributed by atoms with Crippen LogP contribution in [0.25, 0.3) is 0 Å². The van der Waals surface area contributed by atoms with Gasteiger partial charge in [-0.3, -0.25) is 0 Å². The number of nitrogens with one attached hydrogen (secondary N) is 1. The molecule has 0 fully saturated rings. The molecule has 2 rings (SSSR count). The smallest absolute Gasteiger partial charge is 0.123 e. The summed E-state index contributed by atoms with van der Waals surface area (Å²) in [5.74, 6) is 0.683. The quantitative estimate of drug-likeness (QED) is 0.804. The van der Waals surface area contributed by atoms with Gasteiger partial charge in [-0.05, 0) is 42.3 Å². The van der Waals surface area contributed by atoms with E-state index in [1.165, 1.54) is 17.7 Å². The molecule has 0 saturated carbocycles. The van der Waals surface area contributed by atoms with E-state index in [9.17, 15) is 4.39 Å². The van der Waals surface area contributed by atoms with Gasteiger partial charge >= 0.3 is 0 Å². The molecule has 0 atom stereocenters. The lowest BCUT2D eigenvalue weighted by atomic mass is 10.2. The Kier molecular flexibility index (Phi) is 4.93. The molecular weight excluding hydrogens is 241 g/mol. The summed E-state index contributed by atoms with van der Waals surface area (Å²) in [7, 11) is 0. The highest BCUT2D eigenvalue weighted by atomic mass is 19.1. The number of halogens is 1. The summed E-state index contributed by atoms with van der Waals surface area (Å²) in [4.78, 5) is 0. The minimum absolute atomic E-state index is 0.199. The minimum atomic E-state index is -0.199. The zero-order valence-electron chi connectivity index (χ0n) is 11.0. The van der Waals surface area contributed by atoms with Crippen molar-refractivity contribution in [1.29, 1.82) is 0 Å². The van der Waals surface area contributed by atoms with E-state index in [4.69, 9.17) is 4.74 Å². The number of rotatable bonds is 6. The summed E-state index contributed by atoms with van der Waals surface area (Å²) in [6, 6.07) is 14.6. The van der Waals surface area contributed by atoms with Crippen molar-refractivity contribution in [3.8, 4) is 5.75 Å². The average molecular weight is 259 g/mol. The van der Waals surface area contributed by atoms with Crippen molar-refractivity contribution in [1.82, 2.24) is 5.32 Å². The van der Waals surface area contributed by atoms with Gasteiger partial charge in [0.2, 0.25) is 0 Å². The van der Waals surface area contributed by atoms with E-state index < -0.39 is 0 Å². The lowest BCUT2D eigenvalue weighted by Gasteiger charge is -2.08. The lowest BCUT2D eigenvalue weighted by Crippen LogP contribution is -2.20. The third-order valence-corrected chi connectivity index (χ3v) is 2.76. The molecule has 0 aromatic heterocycles. The number of aryl methyl sites for hydroxylation is 1. The first-order chi connectivity index (χ1) is 9.24. The summed E-state index contributed by atoms with van der Waals surface area (Å²) in [5.41, 5.74) is 2.13. The number of hydrogen-bond donors (Lipinski definition) is 1. The molecule has 0 spiro atoms. The molecule has 1 N–H and O–H groups in total. The second kappa shape index (κ2) is 6.90. The van der Waals surface area contributed by atoms with Gasteiger partial charge in [0, 0.05) is 13.1 Å². The van der Waals surface area contributed by atoms with Crippen molar-refractivity contribution in [3.05, 3.63) is 65.5 Å². The molecule has 0 bridgehead atoms. The largest absolute Gasteiger partial charge is 0.492 e. The van der Waals surface area contributed by atoms with Crippen LogP contribution >= 0.6 is 0 Å². The summed E-state index contributed by atoms with van der Waals surface area (Å²) in [6.45, 7) is 4.01. The molecule has 0 aliphatic rings. The van der Waals surface area contributed by atoms with Gasteiger partial charge in [-0.25, -0.2) is 4.39 Å². The van der Waals surface area contributed by atoms with E-state index in [0.717, 1.165) is 17.9 Å². The van der Waals surface area contributed by atoms with Crippen LogP contribution in [0.4, 0.5) is 4.39 Å². The standard InChI is InChI=1S/C16H18FNO/c1-13-4-2-7-16(10-13)19-9-8-18-12-14-5-3-6-15(17)11-14/h2-7,10-11,18H,8-9,12H2,1H3. The van der Waals surface area contributed by atoms with Gasteiger partial charge in [-0.2, -0.15) is 0 Å². The molecule has 0 heterocycles. The molecule has 2 aromatic carbocycles. The van der Waals surface area contributed by atoms with Crippen LogP contribution in [0.2, 0.25) is 0 Å². The Balaban J connectivity index is 1.67. The van der Waals surface area contributed by atoms with Gasteiger partial charge in [0.15, 0.2) is 0 Å². The molecule has 2 aromatic rings. The van der Waals surface area contributed by atoms with Crippen LogP contribution in [0.3, 0.4) is 0 Å². The number of hydrogen-bond acceptors (Lipinski definition) is 2. The molecular formula is C16H18FNO. The monoisotopic (exact) mass is 259 g/mol. The van der Waals surface area contributed by atoms with E-state index in [1.54, 1.807) is 6.07 Å². The molecule has 0 saturated heterocycles. The number of ether oxygens (including phenoxy) is 1. The van der Waals surface area contributed by atoms with Crippen LogP contribution in [-0.2, 0) is 6.54 Å². The van der Waals surface area contributed by atoms with Gasteiger partial charge in [-0.15, -0.1) is 0 Å². The van der Waals surface area contributed by atoms with Gasteiger partial charge in [0.25, 0.3) is 0 Å². The molecule has 0 radical (unpaired) electrons. The van der Waals surface area contributed by atoms with Crippen molar-refractivity contribution < 1.29 is 9.13 Å². The Morgan fingerprint density at radius 3 is 2.74 bits per heavy atom. The molecule has 19 heavy (non-hydrogen) atoms. The van der Waals surface area contributed by atoms with E-state index in [2.05, 4.69) is 5.32 Å². The van der Waals surface area contributed by atoms with Gasteiger partial charge < -0.3 is 10.1 Å². The zero-order valence-corrected chi connectivity index (χ0v) is 11.0. The molecule has 100 valence electrons. The maximum atomic E-state index is 12.9. The van der Waals surface area contributed by atoms with E-state index in [1.807, 2.05) is 37.3 Å². The van der Waals surface area contributed by atoms with Gasteiger partial charge in [-0.1, -0.05) is 24.3 Å². The Morgan fingerprint density at radius 1 is 1.11 bits per heavy atom. The van der Waals surface area contributed by atoms with Gasteiger partial charge in [0.05, 0.1) is 0 Å². The summed E-state index contributed by atoms with van der Waals surface area (Å²) in [5, 5.41) is 3.22. The first-order valence-corrected chi connectivity index (χ1v) is 6.39. The Labute approximate surface area is 113 Å².